The molecule has 0 aliphatic rings. The average molecular weight is 434 g/mol. The van der Waals surface area contributed by atoms with Gasteiger partial charge in [0.2, 0.25) is 0 Å². The van der Waals surface area contributed by atoms with Gasteiger partial charge < -0.3 is 10.1 Å². The Morgan fingerprint density at radius 2 is 1.78 bits per heavy atom. The van der Waals surface area contributed by atoms with Crippen LogP contribution >= 0.6 is 0 Å². The fourth-order valence-electron chi connectivity index (χ4n) is 3.35. The van der Waals surface area contributed by atoms with Gasteiger partial charge in [-0.25, -0.2) is 9.48 Å². The number of fused-ring (bicyclic) bond motifs is 1. The second-order valence-corrected chi connectivity index (χ2v) is 7.37. The highest BCUT2D eigenvalue weighted by atomic mass is 16.5. The lowest BCUT2D eigenvalue weighted by atomic mass is 10.2. The summed E-state index contributed by atoms with van der Waals surface area (Å²) in [5.41, 5.74) is 1.84. The predicted molar refractivity (Wildman–Crippen MR) is 117 cm³/mol. The van der Waals surface area contributed by atoms with E-state index in [1.54, 1.807) is 60.4 Å². The van der Waals surface area contributed by atoms with E-state index in [1.165, 1.54) is 11.6 Å². The predicted octanol–water partition coefficient (Wildman–Crippen LogP) is 2.02. The molecule has 4 rings (SSSR count). The highest BCUT2D eigenvalue weighted by Crippen LogP contribution is 2.15. The molecule has 0 aliphatic carbocycles. The van der Waals surface area contributed by atoms with E-state index in [-0.39, 0.29) is 16.8 Å². The largest absolute Gasteiger partial charge is 0.449 e. The van der Waals surface area contributed by atoms with E-state index < -0.39 is 18.0 Å². The minimum Gasteiger partial charge on any atom is -0.449 e. The lowest BCUT2D eigenvalue weighted by molar-refractivity contribution is -0.123. The molecule has 0 saturated heterocycles. The number of benzene rings is 1. The molecule has 3 heterocycles. The molecule has 0 fully saturated rings. The number of nitrogens with zero attached hydrogens (tertiary/aromatic N) is 5. The van der Waals surface area contributed by atoms with Gasteiger partial charge >= 0.3 is 5.97 Å². The van der Waals surface area contributed by atoms with Gasteiger partial charge in [0.1, 0.15) is 11.5 Å². The normalized spacial score (nSPS) is 12.0. The van der Waals surface area contributed by atoms with Crippen LogP contribution in [0.15, 0.2) is 53.5 Å². The van der Waals surface area contributed by atoms with E-state index >= 15 is 0 Å². The van der Waals surface area contributed by atoms with Crippen LogP contribution in [0.4, 0.5) is 5.69 Å². The summed E-state index contributed by atoms with van der Waals surface area (Å²) in [7, 11) is 1.73. The fraction of sp³-hybridized carbons (Fsp3) is 0.227. The van der Waals surface area contributed by atoms with Crippen molar-refractivity contribution in [3.63, 3.8) is 0 Å². The lowest BCUT2D eigenvalue weighted by Gasteiger charge is -2.13. The number of esters is 1. The van der Waals surface area contributed by atoms with E-state index in [9.17, 15) is 14.4 Å². The van der Waals surface area contributed by atoms with Crippen molar-refractivity contribution in [2.75, 3.05) is 5.32 Å². The highest BCUT2D eigenvalue weighted by molar-refractivity contribution is 5.97. The molecule has 0 saturated carbocycles. The second kappa shape index (κ2) is 8.14. The van der Waals surface area contributed by atoms with Crippen molar-refractivity contribution >= 4 is 23.2 Å². The third-order valence-electron chi connectivity index (χ3n) is 5.26. The van der Waals surface area contributed by atoms with Gasteiger partial charge in [-0.15, -0.1) is 10.2 Å². The maximum absolute atomic E-state index is 12.9. The summed E-state index contributed by atoms with van der Waals surface area (Å²) in [6, 6.07) is 12.3. The lowest BCUT2D eigenvalue weighted by Crippen LogP contribution is -2.32. The van der Waals surface area contributed by atoms with Crippen molar-refractivity contribution in [1.82, 2.24) is 24.0 Å². The quantitative estimate of drug-likeness (QED) is 0.481. The van der Waals surface area contributed by atoms with Crippen LogP contribution in [0.2, 0.25) is 0 Å². The molecule has 3 aromatic heterocycles. The number of amides is 1. The van der Waals surface area contributed by atoms with Crippen LogP contribution in [0, 0.1) is 13.8 Å². The molecular weight excluding hydrogens is 412 g/mol. The zero-order chi connectivity index (χ0) is 23.0. The minimum absolute atomic E-state index is 0.130. The first-order chi connectivity index (χ1) is 15.3. The Bertz CT molecular complexity index is 1380. The number of pyridine rings is 1. The number of rotatable bonds is 5. The second-order valence-electron chi connectivity index (χ2n) is 7.37. The van der Waals surface area contributed by atoms with E-state index in [1.807, 2.05) is 18.2 Å². The monoisotopic (exact) mass is 434 g/mol. The molecule has 32 heavy (non-hydrogen) atoms. The van der Waals surface area contributed by atoms with Crippen molar-refractivity contribution in [3.8, 4) is 5.69 Å². The number of carbonyl (C=O) groups excluding carboxylic acids is 2. The van der Waals surface area contributed by atoms with Crippen molar-refractivity contribution in [3.05, 3.63) is 76.1 Å². The molecule has 0 aliphatic heterocycles. The zero-order valence-corrected chi connectivity index (χ0v) is 18.1. The fourth-order valence-corrected chi connectivity index (χ4v) is 3.35. The molecule has 10 nitrogen and oxygen atoms in total. The van der Waals surface area contributed by atoms with Gasteiger partial charge in [0.05, 0.1) is 16.9 Å². The Hall–Kier alpha value is -4.21. The third kappa shape index (κ3) is 3.66. The Labute approximate surface area is 183 Å². The summed E-state index contributed by atoms with van der Waals surface area (Å²) in [6.07, 6.45) is 0.432. The van der Waals surface area contributed by atoms with E-state index in [4.69, 9.17) is 4.74 Å². The number of nitrogens with one attached hydrogen (secondary N) is 1. The van der Waals surface area contributed by atoms with Gasteiger partial charge in [-0.05, 0) is 45.0 Å². The maximum atomic E-state index is 12.9. The molecule has 1 aromatic carbocycles. The number of aryl methyl sites for hydroxylation is 1. The van der Waals surface area contributed by atoms with Gasteiger partial charge in [0.25, 0.3) is 11.5 Å². The summed E-state index contributed by atoms with van der Waals surface area (Å²) < 4.78 is 10.1. The van der Waals surface area contributed by atoms with Crippen molar-refractivity contribution in [1.29, 1.82) is 0 Å². The molecule has 10 heteroatoms. The van der Waals surface area contributed by atoms with E-state index in [0.29, 0.717) is 22.9 Å². The molecule has 1 atom stereocenters. The van der Waals surface area contributed by atoms with Crippen LogP contribution in [0.25, 0.3) is 11.3 Å². The summed E-state index contributed by atoms with van der Waals surface area (Å²) in [5.74, 6) is -0.658. The van der Waals surface area contributed by atoms with Gasteiger partial charge in [-0.2, -0.15) is 0 Å². The Kier molecular flexibility index (Phi) is 5.35. The first kappa shape index (κ1) is 21.0. The summed E-state index contributed by atoms with van der Waals surface area (Å²) in [5, 5.41) is 10.5. The maximum Gasteiger partial charge on any atom is 0.340 e. The van der Waals surface area contributed by atoms with Crippen LogP contribution < -0.4 is 10.9 Å². The SMILES string of the molecule is Cc1c(NC(=O)C(C)OC(=O)c2ccc3nnc(C)n3c2)c(=O)n(-c2ccccc2)n1C. The number of aromatic nitrogens is 5. The topological polar surface area (TPSA) is 113 Å². The number of hydrogen-bond donors (Lipinski definition) is 1. The molecule has 4 aromatic rings. The number of carbonyl (C=O) groups is 2. The Balaban J connectivity index is 1.52. The van der Waals surface area contributed by atoms with Crippen molar-refractivity contribution in [2.45, 2.75) is 26.9 Å². The van der Waals surface area contributed by atoms with Gasteiger partial charge in [0.15, 0.2) is 11.8 Å². The smallest absolute Gasteiger partial charge is 0.340 e. The molecule has 0 spiro atoms. The number of ether oxygens (including phenoxy) is 1. The number of hydrogen-bond acceptors (Lipinski definition) is 6. The summed E-state index contributed by atoms with van der Waals surface area (Å²) >= 11 is 0. The molecule has 0 bridgehead atoms. The Morgan fingerprint density at radius 3 is 2.50 bits per heavy atom. The molecule has 1 N–H and O–H groups in total. The number of para-hydroxylation sites is 1. The minimum atomic E-state index is -1.12. The zero-order valence-electron chi connectivity index (χ0n) is 18.1. The molecule has 164 valence electrons. The van der Waals surface area contributed by atoms with E-state index in [0.717, 1.165) is 0 Å². The van der Waals surface area contributed by atoms with Crippen LogP contribution in [0.3, 0.4) is 0 Å². The molecule has 0 radical (unpaired) electrons. The molecule has 1 unspecified atom stereocenters. The summed E-state index contributed by atoms with van der Waals surface area (Å²) in [6.45, 7) is 4.93. The third-order valence-corrected chi connectivity index (χ3v) is 5.26. The summed E-state index contributed by atoms with van der Waals surface area (Å²) in [4.78, 5) is 38.2. The average Bonchev–Trinajstić information content (AvgIpc) is 3.26. The van der Waals surface area contributed by atoms with Crippen molar-refractivity contribution in [2.24, 2.45) is 7.05 Å². The van der Waals surface area contributed by atoms with Gasteiger partial charge in [-0.1, -0.05) is 18.2 Å². The Morgan fingerprint density at radius 1 is 1.06 bits per heavy atom. The van der Waals surface area contributed by atoms with Crippen LogP contribution in [0.1, 0.15) is 28.8 Å². The van der Waals surface area contributed by atoms with E-state index in [2.05, 4.69) is 15.5 Å². The highest BCUT2D eigenvalue weighted by Gasteiger charge is 2.24. The molecule has 1 amide bonds. The van der Waals surface area contributed by atoms with Crippen LogP contribution in [-0.2, 0) is 16.6 Å². The van der Waals surface area contributed by atoms with Gasteiger partial charge in [-0.3, -0.25) is 18.7 Å². The number of anilines is 1. The van der Waals surface area contributed by atoms with Crippen molar-refractivity contribution < 1.29 is 14.3 Å². The van der Waals surface area contributed by atoms with Gasteiger partial charge in [0, 0.05) is 13.2 Å². The van der Waals surface area contributed by atoms with Crippen LogP contribution in [0.5, 0.6) is 0 Å². The first-order valence-corrected chi connectivity index (χ1v) is 9.95. The standard InChI is InChI=1S/C22H22N6O4/c1-13-19(21(30)28(26(13)4)17-8-6-5-7-9-17)23-20(29)14(2)32-22(31)16-10-11-18-25-24-15(3)27(18)12-16/h5-12,14H,1-4H3,(H,23,29). The molecular formula is C22H22N6O4. The van der Waals surface area contributed by atoms with Crippen LogP contribution in [-0.4, -0.2) is 41.9 Å². The first-order valence-electron chi connectivity index (χ1n) is 9.95.